The Hall–Kier alpha value is -0.190. The van der Waals surface area contributed by atoms with Crippen LogP contribution in [0.2, 0.25) is 4.34 Å². The lowest BCUT2D eigenvalue weighted by molar-refractivity contribution is 0.536. The fourth-order valence-corrected chi connectivity index (χ4v) is 3.63. The second-order valence-electron chi connectivity index (χ2n) is 4.44. The quantitative estimate of drug-likeness (QED) is 0.913. The van der Waals surface area contributed by atoms with Crippen LogP contribution in [-0.4, -0.2) is 23.0 Å². The summed E-state index contributed by atoms with van der Waals surface area (Å²) in [6.45, 7) is 5.23. The number of aliphatic imine (C=N–C) groups is 1. The Kier molecular flexibility index (Phi) is 3.82. The maximum atomic E-state index is 5.87. The van der Waals surface area contributed by atoms with Gasteiger partial charge in [0.25, 0.3) is 0 Å². The van der Waals surface area contributed by atoms with E-state index < -0.39 is 0 Å². The van der Waals surface area contributed by atoms with E-state index in [1.54, 1.807) is 23.1 Å². The van der Waals surface area contributed by atoms with Crippen molar-refractivity contribution < 1.29 is 0 Å². The van der Waals surface area contributed by atoms with E-state index in [0.29, 0.717) is 0 Å². The second kappa shape index (κ2) is 4.98. The Morgan fingerprint density at radius 3 is 2.88 bits per heavy atom. The van der Waals surface area contributed by atoms with Gasteiger partial charge in [-0.05, 0) is 26.0 Å². The van der Waals surface area contributed by atoms with Crippen LogP contribution in [0.5, 0.6) is 0 Å². The fourth-order valence-electron chi connectivity index (χ4n) is 1.45. The number of thioether (sulfide) groups is 1. The first-order valence-electron chi connectivity index (χ1n) is 5.25. The number of halogens is 1. The van der Waals surface area contributed by atoms with E-state index in [9.17, 15) is 0 Å². The number of hydrogen-bond acceptors (Lipinski definition) is 3. The van der Waals surface area contributed by atoms with Crippen molar-refractivity contribution in [1.29, 1.82) is 0 Å². The summed E-state index contributed by atoms with van der Waals surface area (Å²) in [5, 5.41) is 4.49. The zero-order valence-corrected chi connectivity index (χ0v) is 11.8. The lowest BCUT2D eigenvalue weighted by atomic mass is 10.1. The van der Waals surface area contributed by atoms with Crippen molar-refractivity contribution >= 4 is 39.9 Å². The predicted molar refractivity (Wildman–Crippen MR) is 75.0 cm³/mol. The molecule has 0 amide bonds. The third kappa shape index (κ3) is 3.40. The normalized spacial score (nSPS) is 21.3. The smallest absolute Gasteiger partial charge is 0.157 e. The number of hydrogen-bond donors (Lipinski definition) is 1. The van der Waals surface area contributed by atoms with E-state index in [-0.39, 0.29) is 5.54 Å². The molecule has 1 saturated heterocycles. The highest BCUT2D eigenvalue weighted by molar-refractivity contribution is 8.14. The van der Waals surface area contributed by atoms with Crippen LogP contribution in [0.15, 0.2) is 17.1 Å². The predicted octanol–water partition coefficient (Wildman–Crippen LogP) is 3.42. The average molecular weight is 275 g/mol. The van der Waals surface area contributed by atoms with Gasteiger partial charge in [-0.15, -0.1) is 11.3 Å². The van der Waals surface area contributed by atoms with Crippen LogP contribution in [-0.2, 0) is 6.42 Å². The molecule has 1 aliphatic rings. The van der Waals surface area contributed by atoms with Crippen LogP contribution in [0.1, 0.15) is 18.7 Å². The van der Waals surface area contributed by atoms with E-state index in [1.807, 2.05) is 6.07 Å². The van der Waals surface area contributed by atoms with Gasteiger partial charge >= 0.3 is 0 Å². The Bertz CT molecular complexity index is 398. The third-order valence-corrected chi connectivity index (χ3v) is 4.92. The zero-order valence-electron chi connectivity index (χ0n) is 9.42. The van der Waals surface area contributed by atoms with Crippen LogP contribution in [0.3, 0.4) is 0 Å². The van der Waals surface area contributed by atoms with Crippen molar-refractivity contribution in [2.45, 2.75) is 25.8 Å². The summed E-state index contributed by atoms with van der Waals surface area (Å²) in [6.07, 6.45) is 0.976. The Morgan fingerprint density at radius 2 is 2.31 bits per heavy atom. The molecule has 2 nitrogen and oxygen atoms in total. The molecule has 1 aromatic heterocycles. The van der Waals surface area contributed by atoms with Gasteiger partial charge in [0.1, 0.15) is 0 Å². The van der Waals surface area contributed by atoms with E-state index >= 15 is 0 Å². The van der Waals surface area contributed by atoms with Gasteiger partial charge < -0.3 is 5.32 Å². The molecule has 2 rings (SSSR count). The summed E-state index contributed by atoms with van der Waals surface area (Å²) in [5.74, 6) is 1.09. The van der Waals surface area contributed by atoms with Crippen LogP contribution >= 0.6 is 34.7 Å². The van der Waals surface area contributed by atoms with Crippen LogP contribution < -0.4 is 5.32 Å². The number of nitrogens with one attached hydrogen (secondary N) is 1. The lowest BCUT2D eigenvalue weighted by Crippen LogP contribution is -2.36. The van der Waals surface area contributed by atoms with E-state index in [2.05, 4.69) is 30.2 Å². The molecule has 0 radical (unpaired) electrons. The number of thiophene rings is 1. The molecule has 88 valence electrons. The second-order valence-corrected chi connectivity index (χ2v) is 7.20. The Balaban J connectivity index is 1.82. The molecule has 0 saturated carbocycles. The Labute approximate surface area is 109 Å². The highest BCUT2D eigenvalue weighted by atomic mass is 35.5. The summed E-state index contributed by atoms with van der Waals surface area (Å²) >= 11 is 9.31. The van der Waals surface area contributed by atoms with E-state index in [4.69, 9.17) is 11.6 Å². The SMILES string of the molecule is CC1(C)CSC(=NCCc2ccc(Cl)s2)N1. The van der Waals surface area contributed by atoms with Gasteiger partial charge in [-0.25, -0.2) is 0 Å². The van der Waals surface area contributed by atoms with Crippen LogP contribution in [0.25, 0.3) is 0 Å². The molecule has 5 heteroatoms. The molecule has 1 fully saturated rings. The molecule has 0 aromatic carbocycles. The highest BCUT2D eigenvalue weighted by Gasteiger charge is 2.26. The maximum Gasteiger partial charge on any atom is 0.157 e. The molecule has 1 aromatic rings. The average Bonchev–Trinajstić information content (AvgIpc) is 2.73. The van der Waals surface area contributed by atoms with Gasteiger partial charge in [0.2, 0.25) is 0 Å². The first-order chi connectivity index (χ1) is 7.55. The van der Waals surface area contributed by atoms with Gasteiger partial charge in [-0.3, -0.25) is 4.99 Å². The highest BCUT2D eigenvalue weighted by Crippen LogP contribution is 2.23. The molecule has 0 bridgehead atoms. The van der Waals surface area contributed by atoms with Crippen molar-refractivity contribution in [1.82, 2.24) is 5.32 Å². The van der Waals surface area contributed by atoms with E-state index in [1.165, 1.54) is 4.88 Å². The number of rotatable bonds is 3. The van der Waals surface area contributed by atoms with Crippen LogP contribution in [0, 0.1) is 0 Å². The molecular formula is C11H15ClN2S2. The Morgan fingerprint density at radius 1 is 1.50 bits per heavy atom. The minimum Gasteiger partial charge on any atom is -0.359 e. The summed E-state index contributed by atoms with van der Waals surface area (Å²) in [7, 11) is 0. The van der Waals surface area contributed by atoms with Gasteiger partial charge in [0.05, 0.1) is 4.34 Å². The third-order valence-electron chi connectivity index (χ3n) is 2.26. The van der Waals surface area contributed by atoms with E-state index in [0.717, 1.165) is 28.2 Å². The zero-order chi connectivity index (χ0) is 11.6. The van der Waals surface area contributed by atoms with Crippen molar-refractivity contribution in [3.63, 3.8) is 0 Å². The number of nitrogens with zero attached hydrogens (tertiary/aromatic N) is 1. The molecule has 0 unspecified atom stereocenters. The molecule has 1 N–H and O–H groups in total. The van der Waals surface area contributed by atoms with Gasteiger partial charge in [0.15, 0.2) is 5.17 Å². The minimum absolute atomic E-state index is 0.190. The molecule has 1 aliphatic heterocycles. The molecular weight excluding hydrogens is 260 g/mol. The van der Waals surface area contributed by atoms with Crippen molar-refractivity contribution in [3.8, 4) is 0 Å². The maximum absolute atomic E-state index is 5.87. The topological polar surface area (TPSA) is 24.4 Å². The first kappa shape index (κ1) is 12.3. The summed E-state index contributed by atoms with van der Waals surface area (Å²) in [4.78, 5) is 5.86. The van der Waals surface area contributed by atoms with Gasteiger partial charge in [-0.1, -0.05) is 23.4 Å². The molecule has 0 aliphatic carbocycles. The molecule has 2 heterocycles. The van der Waals surface area contributed by atoms with Gasteiger partial charge in [0, 0.05) is 29.1 Å². The molecule has 16 heavy (non-hydrogen) atoms. The minimum atomic E-state index is 0.190. The van der Waals surface area contributed by atoms with Crippen molar-refractivity contribution in [2.24, 2.45) is 4.99 Å². The monoisotopic (exact) mass is 274 g/mol. The first-order valence-corrected chi connectivity index (χ1v) is 7.43. The van der Waals surface area contributed by atoms with Crippen molar-refractivity contribution in [2.75, 3.05) is 12.3 Å². The summed E-state index contributed by atoms with van der Waals surface area (Å²) in [6, 6.07) is 4.02. The lowest BCUT2D eigenvalue weighted by Gasteiger charge is -2.15. The largest absolute Gasteiger partial charge is 0.359 e. The van der Waals surface area contributed by atoms with Crippen molar-refractivity contribution in [3.05, 3.63) is 21.3 Å². The summed E-state index contributed by atoms with van der Waals surface area (Å²) in [5.41, 5.74) is 0.190. The standard InChI is InChI=1S/C11H15ClN2S2/c1-11(2)7-15-10(14-11)13-6-5-8-3-4-9(12)16-8/h3-4H,5-7H2,1-2H3,(H,13,14). The fraction of sp³-hybridized carbons (Fsp3) is 0.545. The number of amidine groups is 1. The molecule has 0 atom stereocenters. The summed E-state index contributed by atoms with van der Waals surface area (Å²) < 4.78 is 0.858. The van der Waals surface area contributed by atoms with Gasteiger partial charge in [-0.2, -0.15) is 0 Å². The van der Waals surface area contributed by atoms with Crippen LogP contribution in [0.4, 0.5) is 0 Å². The molecule has 0 spiro atoms.